The Balaban J connectivity index is 1.88. The average molecular weight is 324 g/mol. The van der Waals surface area contributed by atoms with E-state index in [-0.39, 0.29) is 23.3 Å². The molecule has 3 heterocycles. The summed E-state index contributed by atoms with van der Waals surface area (Å²) in [6.07, 6.45) is 2.91. The molecule has 0 spiro atoms. The van der Waals surface area contributed by atoms with Crippen molar-refractivity contribution in [3.8, 4) is 0 Å². The van der Waals surface area contributed by atoms with E-state index < -0.39 is 10.0 Å². The summed E-state index contributed by atoms with van der Waals surface area (Å²) >= 11 is 1.58. The lowest BCUT2D eigenvalue weighted by Gasteiger charge is -2.16. The van der Waals surface area contributed by atoms with Crippen LogP contribution in [0.5, 0.6) is 0 Å². The van der Waals surface area contributed by atoms with Crippen molar-refractivity contribution < 1.29 is 13.5 Å². The molecule has 2 atom stereocenters. The molecule has 0 unspecified atom stereocenters. The van der Waals surface area contributed by atoms with E-state index in [1.54, 1.807) is 29.7 Å². The van der Waals surface area contributed by atoms with Gasteiger partial charge in [0.1, 0.15) is 4.90 Å². The van der Waals surface area contributed by atoms with E-state index in [9.17, 15) is 13.5 Å². The smallest absolute Gasteiger partial charge is 0.244 e. The molecule has 1 aliphatic rings. The highest BCUT2D eigenvalue weighted by Gasteiger charge is 2.39. The fourth-order valence-electron chi connectivity index (χ4n) is 2.73. The van der Waals surface area contributed by atoms with E-state index in [1.807, 2.05) is 16.8 Å². The number of rotatable bonds is 4. The Morgan fingerprint density at radius 2 is 2.24 bits per heavy atom. The van der Waals surface area contributed by atoms with Gasteiger partial charge in [0.25, 0.3) is 0 Å². The molecular weight excluding hydrogens is 308 g/mol. The second kappa shape index (κ2) is 5.84. The Morgan fingerprint density at radius 3 is 2.86 bits per heavy atom. The van der Waals surface area contributed by atoms with Crippen molar-refractivity contribution >= 4 is 21.4 Å². The summed E-state index contributed by atoms with van der Waals surface area (Å²) in [7, 11) is -3.54. The Morgan fingerprint density at radius 1 is 1.38 bits per heavy atom. The molecule has 1 aliphatic heterocycles. The Labute approximate surface area is 127 Å². The summed E-state index contributed by atoms with van der Waals surface area (Å²) in [4.78, 5) is 4.08. The van der Waals surface area contributed by atoms with Gasteiger partial charge in [-0.15, -0.1) is 0 Å². The van der Waals surface area contributed by atoms with Crippen molar-refractivity contribution in [2.45, 2.75) is 10.8 Å². The quantitative estimate of drug-likeness (QED) is 0.926. The van der Waals surface area contributed by atoms with Crippen molar-refractivity contribution in [3.63, 3.8) is 0 Å². The predicted octanol–water partition coefficient (Wildman–Crippen LogP) is 1.54. The third-order valence-corrected chi connectivity index (χ3v) is 6.40. The zero-order chi connectivity index (χ0) is 14.9. The highest BCUT2D eigenvalue weighted by atomic mass is 32.2. The minimum absolute atomic E-state index is 0.0143. The summed E-state index contributed by atoms with van der Waals surface area (Å²) < 4.78 is 26.7. The van der Waals surface area contributed by atoms with Gasteiger partial charge in [-0.05, 0) is 34.5 Å². The third kappa shape index (κ3) is 2.74. The number of thiophene rings is 1. The minimum Gasteiger partial charge on any atom is -0.396 e. The maximum atomic E-state index is 12.6. The molecule has 112 valence electrons. The van der Waals surface area contributed by atoms with Crippen LogP contribution >= 0.6 is 11.3 Å². The number of aliphatic hydroxyl groups excluding tert-OH is 1. The van der Waals surface area contributed by atoms with Crippen molar-refractivity contribution in [1.82, 2.24) is 9.29 Å². The first-order chi connectivity index (χ1) is 10.1. The number of nitrogens with zero attached hydrogens (tertiary/aromatic N) is 2. The molecule has 0 saturated carbocycles. The van der Waals surface area contributed by atoms with Crippen LogP contribution in [0.1, 0.15) is 11.5 Å². The maximum absolute atomic E-state index is 12.6. The highest BCUT2D eigenvalue weighted by molar-refractivity contribution is 7.89. The van der Waals surface area contributed by atoms with Crippen LogP contribution < -0.4 is 0 Å². The van der Waals surface area contributed by atoms with Gasteiger partial charge in [0.15, 0.2) is 0 Å². The topological polar surface area (TPSA) is 70.5 Å². The Hall–Kier alpha value is -1.28. The molecule has 3 rings (SSSR count). The van der Waals surface area contributed by atoms with E-state index in [4.69, 9.17) is 0 Å². The van der Waals surface area contributed by atoms with Crippen LogP contribution in [0.4, 0.5) is 0 Å². The van der Waals surface area contributed by atoms with E-state index in [1.165, 1.54) is 10.5 Å². The summed E-state index contributed by atoms with van der Waals surface area (Å²) in [6, 6.07) is 5.16. The van der Waals surface area contributed by atoms with Gasteiger partial charge in [0.05, 0.1) is 0 Å². The SMILES string of the molecule is O=S(=O)(c1cccnc1)N1C[C@H](CO)[C@@H](c2ccsc2)C1. The zero-order valence-corrected chi connectivity index (χ0v) is 12.9. The normalized spacial score (nSPS) is 23.5. The fourth-order valence-corrected chi connectivity index (χ4v) is 4.94. The minimum atomic E-state index is -3.54. The molecule has 21 heavy (non-hydrogen) atoms. The maximum Gasteiger partial charge on any atom is 0.244 e. The molecule has 2 aromatic heterocycles. The lowest BCUT2D eigenvalue weighted by atomic mass is 9.92. The predicted molar refractivity (Wildman–Crippen MR) is 80.6 cm³/mol. The Bertz CT molecular complexity index is 686. The van der Waals surface area contributed by atoms with Gasteiger partial charge in [0.2, 0.25) is 10.0 Å². The molecule has 1 fully saturated rings. The van der Waals surface area contributed by atoms with Crippen LogP contribution in [0.2, 0.25) is 0 Å². The molecule has 0 amide bonds. The third-order valence-electron chi connectivity index (χ3n) is 3.89. The molecule has 1 N–H and O–H groups in total. The summed E-state index contributed by atoms with van der Waals surface area (Å²) in [5.41, 5.74) is 1.10. The monoisotopic (exact) mass is 324 g/mol. The van der Waals surface area contributed by atoms with E-state index >= 15 is 0 Å². The van der Waals surface area contributed by atoms with Crippen molar-refractivity contribution in [1.29, 1.82) is 0 Å². The second-order valence-electron chi connectivity index (χ2n) is 5.12. The highest BCUT2D eigenvalue weighted by Crippen LogP contribution is 2.36. The number of aliphatic hydroxyl groups is 1. The van der Waals surface area contributed by atoms with Gasteiger partial charge in [0, 0.05) is 43.9 Å². The summed E-state index contributed by atoms with van der Waals surface area (Å²) in [6.45, 7) is 0.729. The largest absolute Gasteiger partial charge is 0.396 e. The van der Waals surface area contributed by atoms with Gasteiger partial charge >= 0.3 is 0 Å². The fraction of sp³-hybridized carbons (Fsp3) is 0.357. The Kier molecular flexibility index (Phi) is 4.08. The number of hydrogen-bond donors (Lipinski definition) is 1. The van der Waals surface area contributed by atoms with E-state index in [2.05, 4.69) is 4.98 Å². The lowest BCUT2D eigenvalue weighted by Crippen LogP contribution is -2.29. The van der Waals surface area contributed by atoms with Crippen molar-refractivity contribution in [2.75, 3.05) is 19.7 Å². The first-order valence-corrected chi connectivity index (χ1v) is 9.04. The van der Waals surface area contributed by atoms with Crippen LogP contribution in [0, 0.1) is 5.92 Å². The summed E-state index contributed by atoms with van der Waals surface area (Å²) in [5.74, 6) is -0.0151. The van der Waals surface area contributed by atoms with Crippen LogP contribution in [0.15, 0.2) is 46.2 Å². The van der Waals surface area contributed by atoms with Gasteiger partial charge < -0.3 is 5.11 Å². The molecule has 0 radical (unpaired) electrons. The molecule has 0 aromatic carbocycles. The first-order valence-electron chi connectivity index (χ1n) is 6.66. The van der Waals surface area contributed by atoms with Gasteiger partial charge in [-0.3, -0.25) is 4.98 Å². The number of aromatic nitrogens is 1. The number of pyridine rings is 1. The number of hydrogen-bond acceptors (Lipinski definition) is 5. The molecular formula is C14H16N2O3S2. The van der Waals surface area contributed by atoms with Gasteiger partial charge in [-0.25, -0.2) is 8.42 Å². The van der Waals surface area contributed by atoms with Crippen molar-refractivity contribution in [3.05, 3.63) is 46.9 Å². The van der Waals surface area contributed by atoms with Crippen molar-refractivity contribution in [2.24, 2.45) is 5.92 Å². The zero-order valence-electron chi connectivity index (χ0n) is 11.3. The molecule has 2 aromatic rings. The van der Waals surface area contributed by atoms with E-state index in [0.717, 1.165) is 5.56 Å². The van der Waals surface area contributed by atoms with E-state index in [0.29, 0.717) is 13.1 Å². The van der Waals surface area contributed by atoms with Gasteiger partial charge in [-0.1, -0.05) is 0 Å². The summed E-state index contributed by atoms with van der Waals surface area (Å²) in [5, 5.41) is 13.6. The van der Waals surface area contributed by atoms with Crippen LogP contribution in [-0.4, -0.2) is 42.5 Å². The number of sulfonamides is 1. The second-order valence-corrected chi connectivity index (χ2v) is 7.83. The van der Waals surface area contributed by atoms with Gasteiger partial charge in [-0.2, -0.15) is 15.6 Å². The van der Waals surface area contributed by atoms with Crippen LogP contribution in [0.25, 0.3) is 0 Å². The molecule has 5 nitrogen and oxygen atoms in total. The van der Waals surface area contributed by atoms with Crippen LogP contribution in [-0.2, 0) is 10.0 Å². The molecule has 1 saturated heterocycles. The average Bonchev–Trinajstić information content (AvgIpc) is 3.17. The molecule has 0 bridgehead atoms. The lowest BCUT2D eigenvalue weighted by molar-refractivity contribution is 0.223. The molecule has 0 aliphatic carbocycles. The molecule has 7 heteroatoms. The standard InChI is InChI=1S/C14H16N2O3S2/c17-9-12-7-16(8-14(12)11-3-5-20-10-11)21(18,19)13-2-1-4-15-6-13/h1-6,10,12,14,17H,7-9H2/t12-,14-/m1/s1. The van der Waals surface area contributed by atoms with Crippen LogP contribution in [0.3, 0.4) is 0 Å². The first kappa shape index (κ1) is 14.6.